The standard InChI is InChI=1S/C25H30N4O6S.C16H22ClN3O5S.C12H24B2O4.C9H8BrNO/c1-32-17-13-19(18-3-7-26-20(18)14-17)23-27-22(25(36(2,30)31)5-10-33-11-6-25)21-24(28-23)29-8-12-34-15-16(29)4-9-35-21;1-26(21,22)16(3-7-23-8-4-16)13-12-14(19-15(17)18-13)20-5-9-24-10-11(20)2-6-25-12;1-9(2)10(3,4)16-13(15-9)14-17-11(5,6)12(7,8)18-14;1-12-6-4-8(10)7-2-3-11-9(7)5-6/h3,7,13-14,16,26H,4-6,8-12,15H2,1-2H3;11H,2-10H2,1H3;1-8H3;2-5,11H,1H3. The minimum absolute atomic E-state index is 0.0315. The quantitative estimate of drug-likeness (QED) is 0.106. The van der Waals surface area contributed by atoms with Gasteiger partial charge in [-0.3, -0.25) is 0 Å². The second-order valence-electron chi connectivity index (χ2n) is 26.3. The van der Waals surface area contributed by atoms with Gasteiger partial charge in [-0.2, -0.15) is 4.98 Å². The molecule has 8 aliphatic heterocycles. The fraction of sp³-hybridized carbons (Fsp3) is 0.613. The van der Waals surface area contributed by atoms with Crippen LogP contribution in [0.15, 0.2) is 53.3 Å². The van der Waals surface area contributed by atoms with Crippen LogP contribution in [-0.2, 0) is 66.7 Å². The zero-order valence-electron chi connectivity index (χ0n) is 54.4. The maximum Gasteiger partial charge on any atom is 0.488 e. The van der Waals surface area contributed by atoms with Gasteiger partial charge in [0.2, 0.25) is 5.28 Å². The summed E-state index contributed by atoms with van der Waals surface area (Å²) in [5.74, 6) is 4.05. The van der Waals surface area contributed by atoms with E-state index in [2.05, 4.69) is 45.7 Å². The Labute approximate surface area is 552 Å². The predicted octanol–water partition coefficient (Wildman–Crippen LogP) is 9.03. The molecule has 8 aliphatic rings. The van der Waals surface area contributed by atoms with Crippen molar-refractivity contribution in [2.75, 3.05) is 116 Å². The number of benzene rings is 2. The van der Waals surface area contributed by atoms with E-state index in [0.29, 0.717) is 151 Å². The Hall–Kier alpha value is -5.04. The summed E-state index contributed by atoms with van der Waals surface area (Å²) >= 11 is 9.70. The average Bonchev–Trinajstić information content (AvgIpc) is 0.810. The van der Waals surface area contributed by atoms with Gasteiger partial charge in [-0.25, -0.2) is 31.8 Å². The molecule has 0 radical (unpaired) electrons. The Morgan fingerprint density at radius 1 is 0.565 bits per heavy atom. The Bertz CT molecular complexity index is 3820. The number of halogens is 2. The molecule has 0 bridgehead atoms. The zero-order chi connectivity index (χ0) is 65.8. The Balaban J connectivity index is 0.000000135. The van der Waals surface area contributed by atoms with Crippen LogP contribution >= 0.6 is 27.5 Å². The molecule has 6 aromatic rings. The molecule has 2 aromatic carbocycles. The number of ether oxygens (including phenoxy) is 8. The first kappa shape index (κ1) is 68.3. The highest BCUT2D eigenvalue weighted by molar-refractivity contribution is 9.10. The first-order chi connectivity index (χ1) is 43.5. The number of morpholine rings is 2. The highest BCUT2D eigenvalue weighted by Crippen LogP contribution is 2.51. The number of nitrogens with zero attached hydrogens (tertiary/aromatic N) is 6. The van der Waals surface area contributed by atoms with Crippen LogP contribution in [-0.4, -0.2) is 201 Å². The molecule has 2 N–H and O–H groups in total. The number of hydrogen-bond acceptors (Lipinski definition) is 22. The van der Waals surface area contributed by atoms with Gasteiger partial charge in [-0.1, -0.05) is 0 Å². The number of sulfone groups is 2. The van der Waals surface area contributed by atoms with Crippen LogP contribution in [0.2, 0.25) is 5.28 Å². The molecule has 0 saturated carbocycles. The maximum atomic E-state index is 13.5. The SMILES string of the molecule is CC1(C)OB(B2OC(C)(C)C(C)(C)O2)OC1(C)C.COc1cc(-c2nc3c(c(C4(S(C)(=O)=O)CCOCC4)n2)OCCC2COCCN32)c2cc[nH]c2c1.COc1cc(Br)c2cc[nH]c2c1.CS(=O)(=O)C1(c2nc(Cl)nc3c2OCCC2COCCN32)CCOCC1. The molecular weight excluding hydrogens is 1310 g/mol. The topological polar surface area (TPSA) is 269 Å². The van der Waals surface area contributed by atoms with Gasteiger partial charge < -0.3 is 76.3 Å². The smallest absolute Gasteiger partial charge is 0.488 e. The third-order valence-corrected chi connectivity index (χ3v) is 24.5. The van der Waals surface area contributed by atoms with Crippen LogP contribution < -0.4 is 28.7 Å². The fourth-order valence-corrected chi connectivity index (χ4v) is 16.3. The fourth-order valence-electron chi connectivity index (χ4n) is 12.8. The molecule has 12 heterocycles. The molecule has 0 amide bonds. The first-order valence-corrected chi connectivity index (χ1v) is 36.1. The maximum absolute atomic E-state index is 13.5. The van der Waals surface area contributed by atoms with Gasteiger partial charge in [-0.15, -0.1) is 0 Å². The molecule has 0 spiro atoms. The third kappa shape index (κ3) is 13.2. The summed E-state index contributed by atoms with van der Waals surface area (Å²) in [7, 11) is -4.74. The van der Waals surface area contributed by atoms with Crippen LogP contribution in [0, 0.1) is 0 Å². The number of fused-ring (bicyclic) bond motifs is 8. The van der Waals surface area contributed by atoms with Gasteiger partial charge in [0.15, 0.2) is 48.6 Å². The van der Waals surface area contributed by atoms with E-state index in [-0.39, 0.29) is 39.8 Å². The number of nitrogens with one attached hydrogen (secondary N) is 2. The number of aromatic amines is 2. The summed E-state index contributed by atoms with van der Waals surface area (Å²) in [6.45, 7) is 22.1. The molecule has 92 heavy (non-hydrogen) atoms. The van der Waals surface area contributed by atoms with Gasteiger partial charge in [-0.05, 0) is 133 Å². The second-order valence-corrected chi connectivity index (χ2v) is 32.2. The molecule has 14 rings (SSSR count). The molecule has 6 fully saturated rings. The number of H-pyrrole nitrogens is 2. The van der Waals surface area contributed by atoms with Crippen LogP contribution in [0.1, 0.15) is 105 Å². The molecule has 4 aromatic heterocycles. The average molecular weight is 1400 g/mol. The number of aromatic nitrogens is 6. The highest BCUT2D eigenvalue weighted by Gasteiger charge is 2.64. The minimum atomic E-state index is -3.58. The largest absolute Gasteiger partial charge is 0.497 e. The molecule has 2 unspecified atom stereocenters. The summed E-state index contributed by atoms with van der Waals surface area (Å²) in [4.78, 5) is 29.5. The predicted molar refractivity (Wildman–Crippen MR) is 355 cm³/mol. The number of hydrogen-bond donors (Lipinski definition) is 2. The van der Waals surface area contributed by atoms with E-state index in [9.17, 15) is 16.8 Å². The molecular formula is C62H84B2BrClN8O16S2. The zero-order valence-corrected chi connectivity index (χ0v) is 58.4. The Morgan fingerprint density at radius 2 is 0.989 bits per heavy atom. The molecule has 500 valence electrons. The summed E-state index contributed by atoms with van der Waals surface area (Å²) in [5.41, 5.74) is 2.08. The van der Waals surface area contributed by atoms with E-state index in [0.717, 1.165) is 45.0 Å². The van der Waals surface area contributed by atoms with Crippen LogP contribution in [0.5, 0.6) is 23.0 Å². The Kier molecular flexibility index (Phi) is 19.7. The first-order valence-electron chi connectivity index (χ1n) is 31.2. The molecule has 30 heteroatoms. The van der Waals surface area contributed by atoms with E-state index < -0.39 is 43.2 Å². The lowest BCUT2D eigenvalue weighted by Crippen LogP contribution is -2.46. The normalized spacial score (nSPS) is 23.4. The van der Waals surface area contributed by atoms with Crippen molar-refractivity contribution in [1.29, 1.82) is 0 Å². The second kappa shape index (κ2) is 26.5. The summed E-state index contributed by atoms with van der Waals surface area (Å²) in [5, 5.41) is 2.13. The van der Waals surface area contributed by atoms with Gasteiger partial charge in [0.1, 0.15) is 32.4 Å². The van der Waals surface area contributed by atoms with E-state index in [4.69, 9.17) is 78.1 Å². The van der Waals surface area contributed by atoms with E-state index in [1.807, 2.05) is 104 Å². The van der Waals surface area contributed by atoms with Crippen LogP contribution in [0.3, 0.4) is 0 Å². The van der Waals surface area contributed by atoms with Crippen molar-refractivity contribution in [3.05, 3.63) is 69.9 Å². The summed E-state index contributed by atoms with van der Waals surface area (Å²) < 4.78 is 120. The third-order valence-electron chi connectivity index (χ3n) is 19.7. The van der Waals surface area contributed by atoms with Crippen molar-refractivity contribution in [2.24, 2.45) is 0 Å². The van der Waals surface area contributed by atoms with Gasteiger partial charge in [0, 0.05) is 116 Å². The Morgan fingerprint density at radius 3 is 1.45 bits per heavy atom. The number of anilines is 2. The lowest BCUT2D eigenvalue weighted by atomic mass is 9.49. The van der Waals surface area contributed by atoms with Gasteiger partial charge in [0.05, 0.1) is 93.9 Å². The van der Waals surface area contributed by atoms with Crippen LogP contribution in [0.25, 0.3) is 33.2 Å². The van der Waals surface area contributed by atoms with Gasteiger partial charge in [0.25, 0.3) is 0 Å². The minimum Gasteiger partial charge on any atom is -0.497 e. The molecule has 0 aliphatic carbocycles. The van der Waals surface area contributed by atoms with E-state index in [1.165, 1.54) is 17.9 Å². The summed E-state index contributed by atoms with van der Waals surface area (Å²) in [6.07, 6.45) is 9.08. The number of rotatable bonds is 8. The lowest BCUT2D eigenvalue weighted by Gasteiger charge is -2.38. The van der Waals surface area contributed by atoms with Crippen molar-refractivity contribution in [3.8, 4) is 34.4 Å². The van der Waals surface area contributed by atoms with E-state index >= 15 is 0 Å². The molecule has 24 nitrogen and oxygen atoms in total. The summed E-state index contributed by atoms with van der Waals surface area (Å²) in [6, 6.07) is 12.0. The van der Waals surface area contributed by atoms with E-state index in [1.54, 1.807) is 14.2 Å². The molecule has 2 atom stereocenters. The highest BCUT2D eigenvalue weighted by atomic mass is 79.9. The van der Waals surface area contributed by atoms with Crippen molar-refractivity contribution < 1.29 is 73.3 Å². The number of methoxy groups -OCH3 is 2. The van der Waals surface area contributed by atoms with Gasteiger partial charge >= 0.3 is 14.0 Å². The lowest BCUT2D eigenvalue weighted by molar-refractivity contribution is 0.00578. The van der Waals surface area contributed by atoms with Crippen molar-refractivity contribution >= 4 is 94.7 Å². The van der Waals surface area contributed by atoms with Crippen LogP contribution in [0.4, 0.5) is 11.6 Å². The van der Waals surface area contributed by atoms with Crippen molar-refractivity contribution in [2.45, 2.75) is 138 Å². The van der Waals surface area contributed by atoms with Crippen molar-refractivity contribution in [3.63, 3.8) is 0 Å². The molecule has 6 saturated heterocycles. The monoisotopic (exact) mass is 1400 g/mol. The van der Waals surface area contributed by atoms with Crippen molar-refractivity contribution in [1.82, 2.24) is 29.9 Å².